The van der Waals surface area contributed by atoms with Crippen molar-refractivity contribution < 1.29 is 4.79 Å². The molecule has 0 radical (unpaired) electrons. The van der Waals surface area contributed by atoms with Crippen molar-refractivity contribution in [3.05, 3.63) is 70.5 Å². The monoisotopic (exact) mass is 340 g/mol. The number of halogens is 1. The van der Waals surface area contributed by atoms with Crippen LogP contribution in [0.1, 0.15) is 34.3 Å². The highest BCUT2D eigenvalue weighted by Gasteiger charge is 2.22. The van der Waals surface area contributed by atoms with Gasteiger partial charge in [0.25, 0.3) is 5.91 Å². The molecule has 2 heterocycles. The molecule has 4 heteroatoms. The highest BCUT2D eigenvalue weighted by atomic mass is 35.5. The van der Waals surface area contributed by atoms with E-state index in [4.69, 9.17) is 11.6 Å². The predicted molar refractivity (Wildman–Crippen MR) is 98.1 cm³/mol. The highest BCUT2D eigenvalue weighted by molar-refractivity contribution is 6.32. The molecule has 3 nitrogen and oxygen atoms in total. The third-order valence-electron chi connectivity index (χ3n) is 4.54. The summed E-state index contributed by atoms with van der Waals surface area (Å²) >= 11 is 6.27. The van der Waals surface area contributed by atoms with Gasteiger partial charge in [0, 0.05) is 30.5 Å². The van der Waals surface area contributed by atoms with Crippen molar-refractivity contribution in [3.8, 4) is 0 Å². The number of hydrogen-bond donors (Lipinski definition) is 0. The van der Waals surface area contributed by atoms with E-state index < -0.39 is 0 Å². The van der Waals surface area contributed by atoms with E-state index in [1.54, 1.807) is 18.5 Å². The van der Waals surface area contributed by atoms with Crippen molar-refractivity contribution in [2.24, 2.45) is 5.92 Å². The maximum absolute atomic E-state index is 12.4. The summed E-state index contributed by atoms with van der Waals surface area (Å²) < 4.78 is 0. The predicted octanol–water partition coefficient (Wildman–Crippen LogP) is 4.61. The van der Waals surface area contributed by atoms with Crippen LogP contribution < -0.4 is 0 Å². The summed E-state index contributed by atoms with van der Waals surface area (Å²) in [4.78, 5) is 18.4. The first-order chi connectivity index (χ1) is 11.6. The molecular formula is C20H21ClN2O. The van der Waals surface area contributed by atoms with E-state index in [9.17, 15) is 4.79 Å². The van der Waals surface area contributed by atoms with E-state index in [1.807, 2.05) is 23.1 Å². The number of benzene rings is 1. The Kier molecular flexibility index (Phi) is 5.31. The second-order valence-corrected chi connectivity index (χ2v) is 6.61. The summed E-state index contributed by atoms with van der Waals surface area (Å²) in [6.07, 6.45) is 9.64. The average molecular weight is 341 g/mol. The van der Waals surface area contributed by atoms with Crippen LogP contribution in [-0.2, 0) is 0 Å². The van der Waals surface area contributed by atoms with Crippen LogP contribution in [0.4, 0.5) is 0 Å². The zero-order valence-electron chi connectivity index (χ0n) is 13.8. The van der Waals surface area contributed by atoms with Crippen molar-refractivity contribution in [2.75, 3.05) is 13.1 Å². The maximum atomic E-state index is 12.4. The molecule has 1 amide bonds. The average Bonchev–Trinajstić information content (AvgIpc) is 2.62. The van der Waals surface area contributed by atoms with Gasteiger partial charge in [0.05, 0.1) is 5.56 Å². The molecule has 1 saturated heterocycles. The molecule has 0 spiro atoms. The number of allylic oxidation sites excluding steroid dienone is 1. The molecule has 1 aromatic carbocycles. The number of likely N-dealkylation sites (tertiary alicyclic amines) is 1. The van der Waals surface area contributed by atoms with E-state index in [-0.39, 0.29) is 5.91 Å². The van der Waals surface area contributed by atoms with E-state index in [0.717, 1.165) is 36.5 Å². The number of aryl methyl sites for hydroxylation is 1. The zero-order chi connectivity index (χ0) is 16.9. The van der Waals surface area contributed by atoms with Crippen LogP contribution in [0.2, 0.25) is 5.02 Å². The third kappa shape index (κ3) is 3.85. The number of nitrogens with zero attached hydrogens (tertiary/aromatic N) is 2. The fraction of sp³-hybridized carbons (Fsp3) is 0.300. The number of carbonyl (C=O) groups is 1. The molecule has 1 aromatic heterocycles. The normalized spacial score (nSPS) is 15.8. The molecule has 1 aliphatic rings. The topological polar surface area (TPSA) is 33.2 Å². The number of hydrogen-bond acceptors (Lipinski definition) is 2. The molecule has 24 heavy (non-hydrogen) atoms. The van der Waals surface area contributed by atoms with Crippen LogP contribution in [0.25, 0.3) is 6.08 Å². The Morgan fingerprint density at radius 1 is 1.25 bits per heavy atom. The summed E-state index contributed by atoms with van der Waals surface area (Å²) in [6.45, 7) is 3.63. The first kappa shape index (κ1) is 16.7. The van der Waals surface area contributed by atoms with Gasteiger partial charge in [-0.3, -0.25) is 9.78 Å². The number of amides is 1. The minimum Gasteiger partial charge on any atom is -0.339 e. The molecule has 2 aromatic rings. The second kappa shape index (κ2) is 7.63. The van der Waals surface area contributed by atoms with Gasteiger partial charge in [-0.2, -0.15) is 0 Å². The summed E-state index contributed by atoms with van der Waals surface area (Å²) in [5, 5.41) is 0.787. The lowest BCUT2D eigenvalue weighted by Gasteiger charge is -2.30. The SMILES string of the molecule is Cc1cccc(Cl)c1C=CC1CCN(C(=O)c2cccnc2)CC1. The number of carbonyl (C=O) groups excluding carboxylic acids is 1. The molecule has 0 N–H and O–H groups in total. The largest absolute Gasteiger partial charge is 0.339 e. The lowest BCUT2D eigenvalue weighted by Crippen LogP contribution is -2.38. The fourth-order valence-electron chi connectivity index (χ4n) is 3.06. The van der Waals surface area contributed by atoms with Gasteiger partial charge in [0.15, 0.2) is 0 Å². The minimum absolute atomic E-state index is 0.0764. The van der Waals surface area contributed by atoms with Crippen molar-refractivity contribution in [1.82, 2.24) is 9.88 Å². The van der Waals surface area contributed by atoms with Gasteiger partial charge in [0.1, 0.15) is 0 Å². The van der Waals surface area contributed by atoms with Crippen molar-refractivity contribution >= 4 is 23.6 Å². The van der Waals surface area contributed by atoms with Crippen molar-refractivity contribution in [1.29, 1.82) is 0 Å². The summed E-state index contributed by atoms with van der Waals surface area (Å²) in [7, 11) is 0. The minimum atomic E-state index is 0.0764. The fourth-order valence-corrected chi connectivity index (χ4v) is 3.34. The van der Waals surface area contributed by atoms with Gasteiger partial charge in [-0.1, -0.05) is 35.9 Å². The van der Waals surface area contributed by atoms with Crippen LogP contribution >= 0.6 is 11.6 Å². The van der Waals surface area contributed by atoms with Crippen molar-refractivity contribution in [3.63, 3.8) is 0 Å². The summed E-state index contributed by atoms with van der Waals surface area (Å²) in [6, 6.07) is 9.58. The molecular weight excluding hydrogens is 320 g/mol. The van der Waals surface area contributed by atoms with Gasteiger partial charge in [-0.15, -0.1) is 0 Å². The van der Waals surface area contributed by atoms with Gasteiger partial charge < -0.3 is 4.90 Å². The molecule has 1 aliphatic heterocycles. The number of piperidine rings is 1. The Hall–Kier alpha value is -2.13. The molecule has 1 fully saturated rings. The molecule has 0 unspecified atom stereocenters. The molecule has 124 valence electrons. The van der Waals surface area contributed by atoms with E-state index >= 15 is 0 Å². The van der Waals surface area contributed by atoms with Gasteiger partial charge in [-0.25, -0.2) is 0 Å². The summed E-state index contributed by atoms with van der Waals surface area (Å²) in [5.41, 5.74) is 2.94. The Balaban J connectivity index is 1.59. The second-order valence-electron chi connectivity index (χ2n) is 6.20. The molecule has 0 bridgehead atoms. The molecule has 0 saturated carbocycles. The van der Waals surface area contributed by atoms with Crippen LogP contribution in [0, 0.1) is 12.8 Å². The lowest BCUT2D eigenvalue weighted by atomic mass is 9.94. The summed E-state index contributed by atoms with van der Waals surface area (Å²) in [5.74, 6) is 0.561. The first-order valence-electron chi connectivity index (χ1n) is 8.28. The standard InChI is InChI=1S/C20H21ClN2O/c1-15-4-2-6-19(21)18(15)8-7-16-9-12-23(13-10-16)20(24)17-5-3-11-22-14-17/h2-8,11,14,16H,9-10,12-13H2,1H3. The van der Waals surface area contributed by atoms with Gasteiger partial charge in [-0.05, 0) is 55.0 Å². The zero-order valence-corrected chi connectivity index (χ0v) is 14.5. The Labute approximate surface area is 148 Å². The smallest absolute Gasteiger partial charge is 0.255 e. The maximum Gasteiger partial charge on any atom is 0.255 e. The van der Waals surface area contributed by atoms with E-state index in [1.165, 1.54) is 5.56 Å². The van der Waals surface area contributed by atoms with E-state index in [0.29, 0.717) is 11.5 Å². The Morgan fingerprint density at radius 2 is 2.04 bits per heavy atom. The Morgan fingerprint density at radius 3 is 2.71 bits per heavy atom. The Bertz CT molecular complexity index is 714. The third-order valence-corrected chi connectivity index (χ3v) is 4.87. The molecule has 0 atom stereocenters. The molecule has 3 rings (SSSR count). The lowest BCUT2D eigenvalue weighted by molar-refractivity contribution is 0.0705. The quantitative estimate of drug-likeness (QED) is 0.817. The molecule has 0 aliphatic carbocycles. The van der Waals surface area contributed by atoms with Crippen LogP contribution in [0.15, 0.2) is 48.8 Å². The first-order valence-corrected chi connectivity index (χ1v) is 8.65. The van der Waals surface area contributed by atoms with Gasteiger partial charge >= 0.3 is 0 Å². The number of aromatic nitrogens is 1. The van der Waals surface area contributed by atoms with E-state index in [2.05, 4.69) is 30.1 Å². The van der Waals surface area contributed by atoms with Gasteiger partial charge in [0.2, 0.25) is 0 Å². The highest BCUT2D eigenvalue weighted by Crippen LogP contribution is 2.25. The number of pyridine rings is 1. The van der Waals surface area contributed by atoms with Crippen LogP contribution in [-0.4, -0.2) is 28.9 Å². The van der Waals surface area contributed by atoms with Crippen LogP contribution in [0.5, 0.6) is 0 Å². The van der Waals surface area contributed by atoms with Crippen LogP contribution in [0.3, 0.4) is 0 Å². The number of rotatable bonds is 3. The van der Waals surface area contributed by atoms with Crippen molar-refractivity contribution in [2.45, 2.75) is 19.8 Å².